The summed E-state index contributed by atoms with van der Waals surface area (Å²) >= 11 is 0. The van der Waals surface area contributed by atoms with Crippen molar-refractivity contribution in [3.05, 3.63) is 32.1 Å². The van der Waals surface area contributed by atoms with Gasteiger partial charge in [0.1, 0.15) is 0 Å². The lowest BCUT2D eigenvalue weighted by Gasteiger charge is -1.85. The van der Waals surface area contributed by atoms with E-state index >= 15 is 0 Å². The van der Waals surface area contributed by atoms with Crippen LogP contribution in [-0.4, -0.2) is 30.9 Å². The SMILES string of the molecule is O=C(O)c1nn([N+](=O)[O-])cc1[N+](=O)[O-]. The van der Waals surface area contributed by atoms with Gasteiger partial charge in [0.25, 0.3) is 0 Å². The normalized spacial score (nSPS) is 9.71. The van der Waals surface area contributed by atoms with E-state index in [1.165, 1.54) is 0 Å². The summed E-state index contributed by atoms with van der Waals surface area (Å²) in [6.45, 7) is 0. The zero-order chi connectivity index (χ0) is 10.9. The molecule has 74 valence electrons. The largest absolute Gasteiger partial charge is 0.475 e. The Hall–Kier alpha value is -2.52. The summed E-state index contributed by atoms with van der Waals surface area (Å²) in [6, 6.07) is 0. The lowest BCUT2D eigenvalue weighted by molar-refractivity contribution is -0.553. The smallest absolute Gasteiger partial charge is 0.390 e. The Morgan fingerprint density at radius 2 is 2.07 bits per heavy atom. The molecular weight excluding hydrogens is 200 g/mol. The minimum absolute atomic E-state index is 0.0262. The van der Waals surface area contributed by atoms with E-state index in [2.05, 4.69) is 5.10 Å². The van der Waals surface area contributed by atoms with Gasteiger partial charge >= 0.3 is 17.4 Å². The van der Waals surface area contributed by atoms with Gasteiger partial charge in [-0.25, -0.2) is 4.79 Å². The highest BCUT2D eigenvalue weighted by atomic mass is 16.7. The highest BCUT2D eigenvalue weighted by Gasteiger charge is 2.32. The van der Waals surface area contributed by atoms with Crippen molar-refractivity contribution in [3.63, 3.8) is 0 Å². The van der Waals surface area contributed by atoms with Gasteiger partial charge in [-0.1, -0.05) is 0 Å². The molecule has 0 aliphatic rings. The van der Waals surface area contributed by atoms with Gasteiger partial charge in [0.05, 0.1) is 15.1 Å². The first kappa shape index (κ1) is 9.57. The van der Waals surface area contributed by atoms with E-state index in [4.69, 9.17) is 5.11 Å². The van der Waals surface area contributed by atoms with Crippen LogP contribution in [0.5, 0.6) is 0 Å². The minimum atomic E-state index is -1.70. The monoisotopic (exact) mass is 202 g/mol. The number of hydrogen-bond acceptors (Lipinski definition) is 6. The van der Waals surface area contributed by atoms with Crippen molar-refractivity contribution >= 4 is 11.7 Å². The van der Waals surface area contributed by atoms with Crippen LogP contribution in [0.1, 0.15) is 10.5 Å². The molecule has 1 rings (SSSR count). The Morgan fingerprint density at radius 1 is 1.50 bits per heavy atom. The number of carbonyl (C=O) groups is 1. The molecule has 1 aromatic rings. The Kier molecular flexibility index (Phi) is 2.11. The van der Waals surface area contributed by atoms with E-state index in [-0.39, 0.29) is 4.79 Å². The Bertz CT molecular complexity index is 390. The first-order valence-electron chi connectivity index (χ1n) is 3.05. The third-order valence-electron chi connectivity index (χ3n) is 1.25. The van der Waals surface area contributed by atoms with Gasteiger partial charge in [0, 0.05) is 4.79 Å². The van der Waals surface area contributed by atoms with Crippen molar-refractivity contribution in [2.24, 2.45) is 0 Å². The lowest BCUT2D eigenvalue weighted by Crippen LogP contribution is -2.10. The zero-order valence-electron chi connectivity index (χ0n) is 6.35. The zero-order valence-corrected chi connectivity index (χ0v) is 6.35. The molecule has 0 saturated heterocycles. The van der Waals surface area contributed by atoms with Gasteiger partial charge in [-0.2, -0.15) is 0 Å². The maximum absolute atomic E-state index is 10.4. The lowest BCUT2D eigenvalue weighted by atomic mass is 10.4. The van der Waals surface area contributed by atoms with Crippen molar-refractivity contribution in [1.82, 2.24) is 9.89 Å². The molecule has 10 heteroatoms. The topological polar surface area (TPSA) is 141 Å². The van der Waals surface area contributed by atoms with E-state index in [0.29, 0.717) is 6.20 Å². The molecule has 0 fully saturated rings. The van der Waals surface area contributed by atoms with E-state index in [1.54, 1.807) is 0 Å². The van der Waals surface area contributed by atoms with E-state index in [1.807, 2.05) is 0 Å². The third-order valence-corrected chi connectivity index (χ3v) is 1.25. The van der Waals surface area contributed by atoms with Crippen LogP contribution >= 0.6 is 0 Å². The summed E-state index contributed by atoms with van der Waals surface area (Å²) in [4.78, 5) is 29.6. The van der Waals surface area contributed by atoms with Crippen molar-refractivity contribution in [2.45, 2.75) is 0 Å². The molecule has 0 amide bonds. The van der Waals surface area contributed by atoms with Gasteiger partial charge in [-0.15, -0.1) is 0 Å². The molecule has 10 nitrogen and oxygen atoms in total. The molecule has 0 spiro atoms. The molecule has 0 atom stereocenters. The number of rotatable bonds is 3. The molecule has 0 aliphatic heterocycles. The second-order valence-corrected chi connectivity index (χ2v) is 2.08. The molecule has 1 aromatic heterocycles. The number of aromatic nitrogens is 2. The van der Waals surface area contributed by atoms with Crippen LogP contribution in [0.2, 0.25) is 0 Å². The molecule has 0 saturated carbocycles. The number of hydrogen-bond donors (Lipinski definition) is 1. The van der Waals surface area contributed by atoms with Crippen LogP contribution in [0.3, 0.4) is 0 Å². The summed E-state index contributed by atoms with van der Waals surface area (Å²) in [5, 5.41) is 30.6. The summed E-state index contributed by atoms with van der Waals surface area (Å²) in [6.07, 6.45) is 0.420. The van der Waals surface area contributed by atoms with Crippen molar-refractivity contribution in [1.29, 1.82) is 0 Å². The molecule has 0 aromatic carbocycles. The van der Waals surface area contributed by atoms with Crippen LogP contribution in [0.25, 0.3) is 0 Å². The van der Waals surface area contributed by atoms with Crippen LogP contribution < -0.4 is 0 Å². The van der Waals surface area contributed by atoms with Gasteiger partial charge in [-0.05, 0) is 0 Å². The second-order valence-electron chi connectivity index (χ2n) is 2.08. The van der Waals surface area contributed by atoms with Crippen molar-refractivity contribution in [2.75, 3.05) is 0 Å². The Balaban J connectivity index is 3.33. The summed E-state index contributed by atoms with van der Waals surface area (Å²) in [5.41, 5.74) is -1.89. The van der Waals surface area contributed by atoms with E-state index in [9.17, 15) is 25.0 Å². The number of carboxylic acids is 1. The van der Waals surface area contributed by atoms with Crippen LogP contribution in [-0.2, 0) is 0 Å². The standard InChI is InChI=1S/C4H2N4O6/c9-4(10)3-2(7(11)12)1-6(5-3)8(13)14/h1H,(H,9,10). The number of carboxylic acid groups (broad SMARTS) is 1. The van der Waals surface area contributed by atoms with Crippen molar-refractivity contribution in [3.8, 4) is 0 Å². The molecule has 1 heterocycles. The van der Waals surface area contributed by atoms with Crippen LogP contribution in [0, 0.1) is 20.2 Å². The molecule has 0 aliphatic carbocycles. The fourth-order valence-electron chi connectivity index (χ4n) is 0.723. The predicted octanol–water partition coefficient (Wildman–Crippen LogP) is -0.471. The van der Waals surface area contributed by atoms with Gasteiger partial charge in [-0.3, -0.25) is 10.1 Å². The number of nitrogens with zero attached hydrogens (tertiary/aromatic N) is 4. The van der Waals surface area contributed by atoms with Gasteiger partial charge < -0.3 is 15.2 Å². The fraction of sp³-hybridized carbons (Fsp3) is 0. The maximum Gasteiger partial charge on any atom is 0.390 e. The molecular formula is C4H2N4O6. The van der Waals surface area contributed by atoms with Crippen molar-refractivity contribution < 1.29 is 19.9 Å². The maximum atomic E-state index is 10.4. The fourth-order valence-corrected chi connectivity index (χ4v) is 0.723. The molecule has 0 unspecified atom stereocenters. The molecule has 14 heavy (non-hydrogen) atoms. The van der Waals surface area contributed by atoms with Gasteiger partial charge in [0.15, 0.2) is 6.20 Å². The Morgan fingerprint density at radius 3 is 2.36 bits per heavy atom. The second kappa shape index (κ2) is 3.08. The summed E-state index contributed by atoms with van der Waals surface area (Å²) in [7, 11) is 0. The minimum Gasteiger partial charge on any atom is -0.475 e. The number of aromatic carboxylic acids is 1. The summed E-state index contributed by atoms with van der Waals surface area (Å²) in [5.74, 6) is -1.70. The molecule has 0 bridgehead atoms. The molecule has 1 N–H and O–H groups in total. The first-order chi connectivity index (χ1) is 6.43. The average molecular weight is 202 g/mol. The number of nitro groups is 2. The third kappa shape index (κ3) is 1.48. The Labute approximate surface area is 74.6 Å². The quantitative estimate of drug-likeness (QED) is 0.515. The van der Waals surface area contributed by atoms with Crippen LogP contribution in [0.15, 0.2) is 6.20 Å². The predicted molar refractivity (Wildman–Crippen MR) is 38.2 cm³/mol. The first-order valence-corrected chi connectivity index (χ1v) is 3.05. The van der Waals surface area contributed by atoms with Crippen LogP contribution in [0.4, 0.5) is 5.69 Å². The van der Waals surface area contributed by atoms with Gasteiger partial charge in [0.2, 0.25) is 0 Å². The average Bonchev–Trinajstić information content (AvgIpc) is 2.47. The van der Waals surface area contributed by atoms with E-state index < -0.39 is 27.3 Å². The highest BCUT2D eigenvalue weighted by Crippen LogP contribution is 2.15. The summed E-state index contributed by atoms with van der Waals surface area (Å²) < 4.78 is 0. The van der Waals surface area contributed by atoms with E-state index in [0.717, 1.165) is 0 Å². The molecule has 0 radical (unpaired) electrons. The highest BCUT2D eigenvalue weighted by molar-refractivity contribution is 5.89.